The monoisotopic (exact) mass is 178 g/mol. The predicted octanol–water partition coefficient (Wildman–Crippen LogP) is 0.322. The van der Waals surface area contributed by atoms with Crippen LogP contribution < -0.4 is 0 Å². The van der Waals surface area contributed by atoms with Crippen LogP contribution in [0.15, 0.2) is 18.3 Å². The second-order valence-corrected chi connectivity index (χ2v) is 2.01. The largest absolute Gasteiger partial charge is 2.00 e. The molecule has 0 aromatic carbocycles. The van der Waals surface area contributed by atoms with Crippen molar-refractivity contribution < 1.29 is 22.7 Å². The molecule has 0 saturated heterocycles. The average molecular weight is 178 g/mol. The standard InChI is InChI=1S/C7H5NO4.Be.2H/c9-6(10)4-2-1-3-8-5(4)7(11)12;;;/h1-3H,(H,9,10)(H,11,12);;;/q;+2;2*-1. The van der Waals surface area contributed by atoms with Gasteiger partial charge in [0, 0.05) is 6.20 Å². The predicted molar refractivity (Wildman–Crippen MR) is 46.1 cm³/mol. The Kier molecular flexibility index (Phi) is 3.75. The molecular weight excluding hydrogens is 171 g/mol. The van der Waals surface area contributed by atoms with Crippen LogP contribution in [0.3, 0.4) is 0 Å². The van der Waals surface area contributed by atoms with Gasteiger partial charge in [-0.15, -0.1) is 0 Å². The van der Waals surface area contributed by atoms with Crippen molar-refractivity contribution >= 4 is 22.1 Å². The molecule has 0 saturated carbocycles. The third kappa shape index (κ3) is 2.35. The summed E-state index contributed by atoms with van der Waals surface area (Å²) in [5, 5.41) is 17.0. The first kappa shape index (κ1) is 11.3. The maximum atomic E-state index is 10.4. The molecule has 0 bridgehead atoms. The number of rotatable bonds is 2. The molecule has 0 aliphatic heterocycles. The maximum Gasteiger partial charge on any atom is 2.00 e. The molecule has 1 aromatic rings. The molecule has 0 aliphatic carbocycles. The van der Waals surface area contributed by atoms with Crippen LogP contribution in [0.4, 0.5) is 0 Å². The van der Waals surface area contributed by atoms with E-state index in [1.54, 1.807) is 0 Å². The van der Waals surface area contributed by atoms with Gasteiger partial charge in [0.05, 0.1) is 5.56 Å². The zero-order valence-corrected chi connectivity index (χ0v) is 6.60. The van der Waals surface area contributed by atoms with Gasteiger partial charge in [0.25, 0.3) is 0 Å². The van der Waals surface area contributed by atoms with Gasteiger partial charge in [-0.25, -0.2) is 14.6 Å². The number of carboxylic acid groups (broad SMARTS) is 2. The first-order valence-electron chi connectivity index (χ1n) is 3.04. The molecule has 1 aromatic heterocycles. The van der Waals surface area contributed by atoms with Gasteiger partial charge < -0.3 is 13.1 Å². The fraction of sp³-hybridized carbons (Fsp3) is 0. The van der Waals surface area contributed by atoms with E-state index in [-0.39, 0.29) is 18.5 Å². The molecule has 0 atom stereocenters. The van der Waals surface area contributed by atoms with Gasteiger partial charge in [0.2, 0.25) is 0 Å². The minimum atomic E-state index is -1.34. The Morgan fingerprint density at radius 1 is 1.31 bits per heavy atom. The van der Waals surface area contributed by atoms with Crippen LogP contribution in [0, 0.1) is 0 Å². The summed E-state index contributed by atoms with van der Waals surface area (Å²) >= 11 is 0. The molecule has 6 heteroatoms. The number of aromatic carboxylic acids is 2. The van der Waals surface area contributed by atoms with Crippen molar-refractivity contribution in [3.63, 3.8) is 0 Å². The molecule has 0 amide bonds. The smallest absolute Gasteiger partial charge is 1.00 e. The molecule has 13 heavy (non-hydrogen) atoms. The zero-order chi connectivity index (χ0) is 9.14. The van der Waals surface area contributed by atoms with Gasteiger partial charge in [-0.05, 0) is 12.1 Å². The van der Waals surface area contributed by atoms with Gasteiger partial charge in [-0.3, -0.25) is 0 Å². The molecule has 66 valence electrons. The molecular formula is C7H7BeNO4. The van der Waals surface area contributed by atoms with Crippen molar-refractivity contribution in [2.45, 2.75) is 0 Å². The maximum absolute atomic E-state index is 10.4. The second kappa shape index (κ2) is 4.33. The molecule has 1 rings (SSSR count). The summed E-state index contributed by atoms with van der Waals surface area (Å²) in [6, 6.07) is 2.56. The zero-order valence-electron chi connectivity index (χ0n) is 8.60. The Morgan fingerprint density at radius 3 is 2.31 bits per heavy atom. The average Bonchev–Trinajstić information content (AvgIpc) is 2.04. The number of hydrogen-bond donors (Lipinski definition) is 2. The number of pyridine rings is 1. The Hall–Kier alpha value is -1.74. The molecule has 0 radical (unpaired) electrons. The first-order valence-corrected chi connectivity index (χ1v) is 3.04. The van der Waals surface area contributed by atoms with E-state index in [1.165, 1.54) is 18.3 Å². The van der Waals surface area contributed by atoms with Gasteiger partial charge in [-0.1, -0.05) is 0 Å². The molecule has 0 fully saturated rings. The number of hydrogen-bond acceptors (Lipinski definition) is 3. The van der Waals surface area contributed by atoms with E-state index in [9.17, 15) is 9.59 Å². The SMILES string of the molecule is O=C(O)c1cccnc1C(=O)O.[Be+2].[H-].[H-]. The topological polar surface area (TPSA) is 87.5 Å². The Bertz CT molecular complexity index is 315. The van der Waals surface area contributed by atoms with Gasteiger partial charge in [-0.2, -0.15) is 0 Å². The number of carboxylic acids is 2. The molecule has 2 N–H and O–H groups in total. The van der Waals surface area contributed by atoms with Crippen molar-refractivity contribution in [2.24, 2.45) is 0 Å². The fourth-order valence-corrected chi connectivity index (χ4v) is 0.748. The quantitative estimate of drug-likeness (QED) is 0.637. The number of nitrogens with zero attached hydrogens (tertiary/aromatic N) is 1. The van der Waals surface area contributed by atoms with Gasteiger partial charge >= 0.3 is 22.1 Å². The van der Waals surface area contributed by atoms with Gasteiger partial charge in [0.15, 0.2) is 5.69 Å². The Morgan fingerprint density at radius 2 is 1.92 bits per heavy atom. The summed E-state index contributed by atoms with van der Waals surface area (Å²) in [6.07, 6.45) is 1.23. The van der Waals surface area contributed by atoms with Crippen LogP contribution in [-0.4, -0.2) is 37.3 Å². The third-order valence-corrected chi connectivity index (χ3v) is 1.24. The van der Waals surface area contributed by atoms with E-state index in [0.717, 1.165) is 0 Å². The Balaban J connectivity index is -0.000000480. The van der Waals surface area contributed by atoms with E-state index < -0.39 is 17.6 Å². The third-order valence-electron chi connectivity index (χ3n) is 1.24. The minimum Gasteiger partial charge on any atom is -1.00 e. The van der Waals surface area contributed by atoms with Crippen LogP contribution in [0.1, 0.15) is 23.7 Å². The van der Waals surface area contributed by atoms with Crippen molar-refractivity contribution in [1.29, 1.82) is 0 Å². The van der Waals surface area contributed by atoms with E-state index in [2.05, 4.69) is 4.98 Å². The van der Waals surface area contributed by atoms with Crippen LogP contribution in [0.5, 0.6) is 0 Å². The number of aromatic nitrogens is 1. The van der Waals surface area contributed by atoms with Crippen LogP contribution >= 0.6 is 0 Å². The minimum absolute atomic E-state index is 0. The number of carbonyl (C=O) groups is 2. The summed E-state index contributed by atoms with van der Waals surface area (Å²) in [6.45, 7) is 0. The van der Waals surface area contributed by atoms with Crippen molar-refractivity contribution in [3.05, 3.63) is 29.6 Å². The summed E-state index contributed by atoms with van der Waals surface area (Å²) in [5.74, 6) is -2.63. The van der Waals surface area contributed by atoms with Gasteiger partial charge in [0.1, 0.15) is 0 Å². The van der Waals surface area contributed by atoms with Crippen molar-refractivity contribution in [2.75, 3.05) is 0 Å². The summed E-state index contributed by atoms with van der Waals surface area (Å²) < 4.78 is 0. The van der Waals surface area contributed by atoms with Crippen molar-refractivity contribution in [1.82, 2.24) is 4.98 Å². The summed E-state index contributed by atoms with van der Waals surface area (Å²) in [5.41, 5.74) is -0.741. The molecule has 1 heterocycles. The van der Waals surface area contributed by atoms with Crippen LogP contribution in [0.25, 0.3) is 0 Å². The van der Waals surface area contributed by atoms with Crippen LogP contribution in [-0.2, 0) is 0 Å². The molecule has 0 unspecified atom stereocenters. The van der Waals surface area contributed by atoms with Crippen molar-refractivity contribution in [3.8, 4) is 0 Å². The normalized spacial score (nSPS) is 8.62. The van der Waals surface area contributed by atoms with E-state index >= 15 is 0 Å². The first-order chi connectivity index (χ1) is 5.63. The summed E-state index contributed by atoms with van der Waals surface area (Å²) in [7, 11) is 0. The molecule has 0 aliphatic rings. The van der Waals surface area contributed by atoms with Crippen LogP contribution in [0.2, 0.25) is 0 Å². The summed E-state index contributed by atoms with van der Waals surface area (Å²) in [4.78, 5) is 24.2. The van der Waals surface area contributed by atoms with E-state index in [0.29, 0.717) is 0 Å². The van der Waals surface area contributed by atoms with E-state index in [1.807, 2.05) is 0 Å². The van der Waals surface area contributed by atoms with E-state index in [4.69, 9.17) is 10.2 Å². The Labute approximate surface area is 80.2 Å². The molecule has 5 nitrogen and oxygen atoms in total. The second-order valence-electron chi connectivity index (χ2n) is 2.01. The molecule has 0 spiro atoms. The fourth-order valence-electron chi connectivity index (χ4n) is 0.748.